The molecule has 0 unspecified atom stereocenters. The Morgan fingerprint density at radius 1 is 1.16 bits per heavy atom. The monoisotopic (exact) mass is 360 g/mol. The van der Waals surface area contributed by atoms with E-state index in [2.05, 4.69) is 14.9 Å². The van der Waals surface area contributed by atoms with Crippen LogP contribution in [0, 0.1) is 5.95 Å². The maximum absolute atomic E-state index is 13.9. The Morgan fingerprint density at radius 3 is 2.84 bits per heavy atom. The van der Waals surface area contributed by atoms with E-state index in [9.17, 15) is 4.39 Å². The van der Waals surface area contributed by atoms with Crippen LogP contribution in [-0.4, -0.2) is 26.4 Å². The molecule has 0 amide bonds. The maximum Gasteiger partial charge on any atom is 0.217 e. The van der Waals surface area contributed by atoms with Crippen molar-refractivity contribution in [3.8, 4) is 0 Å². The zero-order chi connectivity index (χ0) is 17.2. The van der Waals surface area contributed by atoms with Crippen LogP contribution in [0.3, 0.4) is 0 Å². The van der Waals surface area contributed by atoms with Crippen molar-refractivity contribution in [3.63, 3.8) is 0 Å². The van der Waals surface area contributed by atoms with E-state index in [0.29, 0.717) is 23.0 Å². The summed E-state index contributed by atoms with van der Waals surface area (Å²) in [5, 5.41) is 0.467. The SMILES string of the molecule is Fc1ncc(Cl)cc1CN1CCc2nc(C3CCCCC3)ncc2C1. The molecule has 0 radical (unpaired) electrons. The molecule has 1 aliphatic heterocycles. The predicted octanol–water partition coefficient (Wildman–Crippen LogP) is 4.27. The Morgan fingerprint density at radius 2 is 2.00 bits per heavy atom. The maximum atomic E-state index is 13.9. The molecule has 0 aromatic carbocycles. The lowest BCUT2D eigenvalue weighted by Gasteiger charge is -2.29. The first-order valence-corrected chi connectivity index (χ1v) is 9.44. The highest BCUT2D eigenvalue weighted by Crippen LogP contribution is 2.31. The lowest BCUT2D eigenvalue weighted by molar-refractivity contribution is 0.238. The number of pyridine rings is 1. The van der Waals surface area contributed by atoms with Gasteiger partial charge in [0.05, 0.1) is 5.02 Å². The van der Waals surface area contributed by atoms with Crippen LogP contribution in [0.2, 0.25) is 5.02 Å². The van der Waals surface area contributed by atoms with Gasteiger partial charge in [-0.2, -0.15) is 4.39 Å². The number of hydrogen-bond donors (Lipinski definition) is 0. The normalized spacial score (nSPS) is 19.0. The van der Waals surface area contributed by atoms with E-state index < -0.39 is 5.95 Å². The van der Waals surface area contributed by atoms with Crippen molar-refractivity contribution in [1.82, 2.24) is 19.9 Å². The third kappa shape index (κ3) is 3.82. The molecular formula is C19H22ClFN4. The fourth-order valence-corrected chi connectivity index (χ4v) is 4.08. The summed E-state index contributed by atoms with van der Waals surface area (Å²) in [4.78, 5) is 15.4. The largest absolute Gasteiger partial charge is 0.294 e. The summed E-state index contributed by atoms with van der Waals surface area (Å²) in [5.41, 5.74) is 2.86. The second-order valence-corrected chi connectivity index (χ2v) is 7.54. The standard InChI is InChI=1S/C19H22ClFN4/c20-16-8-14(18(21)22-10-16)11-25-7-6-17-15(12-25)9-23-19(24-17)13-4-2-1-3-5-13/h8-10,13H,1-7,11-12H2. The van der Waals surface area contributed by atoms with E-state index in [4.69, 9.17) is 16.6 Å². The highest BCUT2D eigenvalue weighted by atomic mass is 35.5. The second-order valence-electron chi connectivity index (χ2n) is 7.10. The Balaban J connectivity index is 1.47. The summed E-state index contributed by atoms with van der Waals surface area (Å²) in [6, 6.07) is 1.65. The number of halogens is 2. The molecule has 0 atom stereocenters. The van der Waals surface area contributed by atoms with E-state index in [0.717, 1.165) is 36.6 Å². The number of hydrogen-bond acceptors (Lipinski definition) is 4. The van der Waals surface area contributed by atoms with Gasteiger partial charge in [-0.25, -0.2) is 15.0 Å². The smallest absolute Gasteiger partial charge is 0.217 e. The van der Waals surface area contributed by atoms with Gasteiger partial charge >= 0.3 is 0 Å². The molecule has 0 spiro atoms. The summed E-state index contributed by atoms with van der Waals surface area (Å²) < 4.78 is 13.9. The van der Waals surface area contributed by atoms with E-state index in [1.165, 1.54) is 38.3 Å². The Labute approximate surface area is 152 Å². The summed E-state index contributed by atoms with van der Waals surface area (Å²) >= 11 is 5.94. The van der Waals surface area contributed by atoms with Gasteiger partial charge in [-0.1, -0.05) is 30.9 Å². The van der Waals surface area contributed by atoms with Gasteiger partial charge in [-0.3, -0.25) is 4.90 Å². The van der Waals surface area contributed by atoms with Crippen LogP contribution < -0.4 is 0 Å². The Hall–Kier alpha value is -1.59. The summed E-state index contributed by atoms with van der Waals surface area (Å²) in [5.74, 6) is 1.11. The molecule has 2 aromatic rings. The molecule has 6 heteroatoms. The molecule has 132 valence electrons. The fraction of sp³-hybridized carbons (Fsp3) is 0.526. The van der Waals surface area contributed by atoms with Crippen molar-refractivity contribution in [1.29, 1.82) is 0 Å². The van der Waals surface area contributed by atoms with Crippen molar-refractivity contribution in [3.05, 3.63) is 52.1 Å². The van der Waals surface area contributed by atoms with Gasteiger partial charge in [-0.05, 0) is 18.9 Å². The molecule has 0 N–H and O–H groups in total. The number of fused-ring (bicyclic) bond motifs is 1. The van der Waals surface area contributed by atoms with Gasteiger partial charge in [0.1, 0.15) is 5.82 Å². The van der Waals surface area contributed by atoms with Crippen LogP contribution in [0.15, 0.2) is 18.5 Å². The van der Waals surface area contributed by atoms with Crippen LogP contribution in [0.5, 0.6) is 0 Å². The predicted molar refractivity (Wildman–Crippen MR) is 94.9 cm³/mol. The van der Waals surface area contributed by atoms with E-state index in [1.807, 2.05) is 6.20 Å². The van der Waals surface area contributed by atoms with Crippen LogP contribution in [0.4, 0.5) is 4.39 Å². The summed E-state index contributed by atoms with van der Waals surface area (Å²) in [7, 11) is 0. The second kappa shape index (κ2) is 7.34. The van der Waals surface area contributed by atoms with Crippen LogP contribution in [-0.2, 0) is 19.5 Å². The molecule has 3 heterocycles. The molecule has 1 fully saturated rings. The lowest BCUT2D eigenvalue weighted by atomic mass is 9.88. The lowest BCUT2D eigenvalue weighted by Crippen LogP contribution is -2.31. The zero-order valence-corrected chi connectivity index (χ0v) is 15.0. The molecular weight excluding hydrogens is 339 g/mol. The first-order chi connectivity index (χ1) is 12.2. The molecule has 2 aliphatic rings. The van der Waals surface area contributed by atoms with Crippen LogP contribution in [0.25, 0.3) is 0 Å². The summed E-state index contributed by atoms with van der Waals surface area (Å²) in [6.07, 6.45) is 10.5. The quantitative estimate of drug-likeness (QED) is 0.766. The van der Waals surface area contributed by atoms with Gasteiger partial charge in [0.2, 0.25) is 5.95 Å². The van der Waals surface area contributed by atoms with Gasteiger partial charge < -0.3 is 0 Å². The minimum atomic E-state index is -0.445. The Kier molecular flexibility index (Phi) is 4.95. The van der Waals surface area contributed by atoms with Gasteiger partial charge in [0.25, 0.3) is 0 Å². The van der Waals surface area contributed by atoms with Gasteiger partial charge in [0, 0.05) is 61.2 Å². The van der Waals surface area contributed by atoms with Crippen molar-refractivity contribution < 1.29 is 4.39 Å². The number of aromatic nitrogens is 3. The third-order valence-corrected chi connectivity index (χ3v) is 5.48. The zero-order valence-electron chi connectivity index (χ0n) is 14.2. The van der Waals surface area contributed by atoms with E-state index in [1.54, 1.807) is 6.07 Å². The fourth-order valence-electron chi connectivity index (χ4n) is 3.90. The minimum absolute atomic E-state index is 0.445. The van der Waals surface area contributed by atoms with Crippen molar-refractivity contribution in [2.75, 3.05) is 6.54 Å². The Bertz CT molecular complexity index is 761. The van der Waals surface area contributed by atoms with Crippen molar-refractivity contribution in [2.24, 2.45) is 0 Å². The average Bonchev–Trinajstić information content (AvgIpc) is 2.65. The minimum Gasteiger partial charge on any atom is -0.294 e. The summed E-state index contributed by atoms with van der Waals surface area (Å²) in [6.45, 7) is 2.11. The van der Waals surface area contributed by atoms with Gasteiger partial charge in [0.15, 0.2) is 0 Å². The number of rotatable bonds is 3. The molecule has 4 rings (SSSR count). The molecule has 2 aromatic heterocycles. The molecule has 0 bridgehead atoms. The molecule has 0 saturated heterocycles. The highest BCUT2D eigenvalue weighted by Gasteiger charge is 2.23. The molecule has 1 aliphatic carbocycles. The van der Waals surface area contributed by atoms with Crippen molar-refractivity contribution >= 4 is 11.6 Å². The van der Waals surface area contributed by atoms with Crippen molar-refractivity contribution in [2.45, 2.75) is 57.5 Å². The van der Waals surface area contributed by atoms with E-state index >= 15 is 0 Å². The first-order valence-electron chi connectivity index (χ1n) is 9.06. The number of nitrogens with zero attached hydrogens (tertiary/aromatic N) is 4. The van der Waals surface area contributed by atoms with E-state index in [-0.39, 0.29) is 0 Å². The molecule has 1 saturated carbocycles. The van der Waals surface area contributed by atoms with Crippen LogP contribution >= 0.6 is 11.6 Å². The average molecular weight is 361 g/mol. The van der Waals surface area contributed by atoms with Crippen LogP contribution in [0.1, 0.15) is 60.7 Å². The highest BCUT2D eigenvalue weighted by molar-refractivity contribution is 6.30. The molecule has 25 heavy (non-hydrogen) atoms. The first kappa shape index (κ1) is 16.9. The van der Waals surface area contributed by atoms with Gasteiger partial charge in [-0.15, -0.1) is 0 Å². The topological polar surface area (TPSA) is 41.9 Å². The molecule has 4 nitrogen and oxygen atoms in total. The third-order valence-electron chi connectivity index (χ3n) is 5.27.